The Bertz CT molecular complexity index is 612. The first-order valence-electron chi connectivity index (χ1n) is 7.68. The Balaban J connectivity index is 1.90. The largest absolute Gasteiger partial charge is 0.328 e. The molecule has 1 saturated carbocycles. The average Bonchev–Trinajstić information content (AvgIpc) is 2.93. The lowest BCUT2D eigenvalue weighted by molar-refractivity contribution is 0.416. The summed E-state index contributed by atoms with van der Waals surface area (Å²) in [4.78, 5) is 4.85. The van der Waals surface area contributed by atoms with E-state index >= 15 is 0 Å². The number of hydrogen-bond donors (Lipinski definition) is 1. The highest BCUT2D eigenvalue weighted by Gasteiger charge is 2.49. The van der Waals surface area contributed by atoms with Gasteiger partial charge in [0.05, 0.1) is 11.0 Å². The zero-order valence-electron chi connectivity index (χ0n) is 13.0. The van der Waals surface area contributed by atoms with Crippen LogP contribution in [0.3, 0.4) is 0 Å². The molecule has 0 spiro atoms. The summed E-state index contributed by atoms with van der Waals surface area (Å²) in [6.45, 7) is 7.92. The first kappa shape index (κ1) is 13.6. The van der Waals surface area contributed by atoms with Gasteiger partial charge in [-0.15, -0.1) is 0 Å². The lowest BCUT2D eigenvalue weighted by atomic mass is 10.0. The normalized spacial score (nSPS) is 22.1. The maximum absolute atomic E-state index is 4.85. The van der Waals surface area contributed by atoms with Crippen molar-refractivity contribution in [1.82, 2.24) is 14.9 Å². The van der Waals surface area contributed by atoms with E-state index in [1.807, 2.05) is 0 Å². The topological polar surface area (TPSA) is 29.9 Å². The quantitative estimate of drug-likeness (QED) is 0.905. The Morgan fingerprint density at radius 3 is 2.70 bits per heavy atom. The number of nitrogens with one attached hydrogen (secondary N) is 1. The zero-order chi connectivity index (χ0) is 14.3. The second-order valence-corrected chi connectivity index (χ2v) is 6.66. The van der Waals surface area contributed by atoms with Gasteiger partial charge in [0, 0.05) is 19.0 Å². The van der Waals surface area contributed by atoms with Gasteiger partial charge in [-0.05, 0) is 43.9 Å². The molecule has 2 atom stereocenters. The molecule has 1 N–H and O–H groups in total. The summed E-state index contributed by atoms with van der Waals surface area (Å²) in [5, 5.41) is 3.51. The lowest BCUT2D eigenvalue weighted by Gasteiger charge is -2.18. The van der Waals surface area contributed by atoms with E-state index in [-0.39, 0.29) is 0 Å². The van der Waals surface area contributed by atoms with Gasteiger partial charge >= 0.3 is 0 Å². The number of rotatable bonds is 5. The Kier molecular flexibility index (Phi) is 3.33. The van der Waals surface area contributed by atoms with Crippen LogP contribution >= 0.6 is 0 Å². The van der Waals surface area contributed by atoms with Crippen LogP contribution in [0.1, 0.15) is 33.0 Å². The molecule has 3 rings (SSSR count). The molecular weight excluding hydrogens is 246 g/mol. The van der Waals surface area contributed by atoms with Crippen molar-refractivity contribution in [3.8, 4) is 0 Å². The van der Waals surface area contributed by atoms with Crippen LogP contribution in [0.4, 0.5) is 0 Å². The molecular formula is C17H25N3. The number of likely N-dealkylation sites (N-methyl/N-ethyl adjacent to an activating group) is 1. The van der Waals surface area contributed by atoms with Crippen molar-refractivity contribution < 1.29 is 0 Å². The highest BCUT2D eigenvalue weighted by Crippen LogP contribution is 2.53. The van der Waals surface area contributed by atoms with Crippen LogP contribution in [0.15, 0.2) is 24.3 Å². The maximum atomic E-state index is 4.85. The lowest BCUT2D eigenvalue weighted by Crippen LogP contribution is -2.32. The SMILES string of the molecule is CCn1c(CC(NC)C2CC2(C)C)nc2ccccc21. The van der Waals surface area contributed by atoms with Gasteiger partial charge in [0.2, 0.25) is 0 Å². The number of imidazole rings is 1. The van der Waals surface area contributed by atoms with Crippen LogP contribution in [-0.4, -0.2) is 22.6 Å². The predicted octanol–water partition coefficient (Wildman–Crippen LogP) is 3.23. The number of aromatic nitrogens is 2. The number of fused-ring (bicyclic) bond motifs is 1. The van der Waals surface area contributed by atoms with Gasteiger partial charge in [0.15, 0.2) is 0 Å². The first-order chi connectivity index (χ1) is 9.56. The van der Waals surface area contributed by atoms with E-state index in [0.717, 1.165) is 24.4 Å². The summed E-state index contributed by atoms with van der Waals surface area (Å²) in [6.07, 6.45) is 2.35. The fourth-order valence-electron chi connectivity index (χ4n) is 3.47. The Hall–Kier alpha value is -1.35. The third-order valence-electron chi connectivity index (χ3n) is 4.90. The van der Waals surface area contributed by atoms with E-state index in [2.05, 4.69) is 62.0 Å². The van der Waals surface area contributed by atoms with E-state index in [4.69, 9.17) is 4.98 Å². The fourth-order valence-corrected chi connectivity index (χ4v) is 3.47. The minimum absolute atomic E-state index is 0.497. The third kappa shape index (κ3) is 2.24. The van der Waals surface area contributed by atoms with Crippen molar-refractivity contribution in [1.29, 1.82) is 0 Å². The third-order valence-corrected chi connectivity index (χ3v) is 4.90. The van der Waals surface area contributed by atoms with E-state index in [1.165, 1.54) is 17.8 Å². The van der Waals surface area contributed by atoms with Gasteiger partial charge in [0.1, 0.15) is 5.82 Å². The maximum Gasteiger partial charge on any atom is 0.111 e. The molecule has 0 radical (unpaired) electrons. The second kappa shape index (κ2) is 4.88. The van der Waals surface area contributed by atoms with Crippen LogP contribution in [-0.2, 0) is 13.0 Å². The Labute approximate surface area is 121 Å². The van der Waals surface area contributed by atoms with E-state index in [1.54, 1.807) is 0 Å². The van der Waals surface area contributed by atoms with Crippen molar-refractivity contribution in [2.24, 2.45) is 11.3 Å². The number of aryl methyl sites for hydroxylation is 1. The van der Waals surface area contributed by atoms with Gasteiger partial charge in [-0.25, -0.2) is 4.98 Å². The Morgan fingerprint density at radius 2 is 2.10 bits per heavy atom. The van der Waals surface area contributed by atoms with Crippen LogP contribution in [0.5, 0.6) is 0 Å². The van der Waals surface area contributed by atoms with Crippen LogP contribution in [0.25, 0.3) is 11.0 Å². The smallest absolute Gasteiger partial charge is 0.111 e. The number of nitrogens with zero attached hydrogens (tertiary/aromatic N) is 2. The van der Waals surface area contributed by atoms with Gasteiger partial charge in [-0.2, -0.15) is 0 Å². The van der Waals surface area contributed by atoms with Gasteiger partial charge in [-0.1, -0.05) is 26.0 Å². The van der Waals surface area contributed by atoms with Crippen LogP contribution in [0, 0.1) is 11.3 Å². The van der Waals surface area contributed by atoms with Crippen molar-refractivity contribution in [2.45, 2.75) is 46.2 Å². The molecule has 1 fully saturated rings. The summed E-state index contributed by atoms with van der Waals surface area (Å²) < 4.78 is 2.36. The average molecular weight is 271 g/mol. The number of hydrogen-bond acceptors (Lipinski definition) is 2. The minimum Gasteiger partial charge on any atom is -0.328 e. The highest BCUT2D eigenvalue weighted by molar-refractivity contribution is 5.75. The molecule has 0 saturated heterocycles. The van der Waals surface area contributed by atoms with Crippen molar-refractivity contribution in [3.05, 3.63) is 30.1 Å². The van der Waals surface area contributed by atoms with Crippen LogP contribution in [0.2, 0.25) is 0 Å². The molecule has 3 nitrogen and oxygen atoms in total. The number of para-hydroxylation sites is 2. The summed E-state index contributed by atoms with van der Waals surface area (Å²) >= 11 is 0. The Morgan fingerprint density at radius 1 is 1.40 bits per heavy atom. The molecule has 1 heterocycles. The van der Waals surface area contributed by atoms with Crippen molar-refractivity contribution in [2.75, 3.05) is 7.05 Å². The second-order valence-electron chi connectivity index (χ2n) is 6.66. The van der Waals surface area contributed by atoms with Gasteiger partial charge < -0.3 is 9.88 Å². The zero-order valence-corrected chi connectivity index (χ0v) is 13.0. The van der Waals surface area contributed by atoms with Crippen molar-refractivity contribution >= 4 is 11.0 Å². The molecule has 108 valence electrons. The van der Waals surface area contributed by atoms with Crippen LogP contribution < -0.4 is 5.32 Å². The summed E-state index contributed by atoms with van der Waals surface area (Å²) in [5.41, 5.74) is 2.88. The molecule has 3 heteroatoms. The van der Waals surface area contributed by atoms with Gasteiger partial charge in [0.25, 0.3) is 0 Å². The standard InChI is InChI=1S/C17H25N3/c1-5-20-15-9-7-6-8-13(15)19-16(20)10-14(18-4)12-11-17(12,2)3/h6-9,12,14,18H,5,10-11H2,1-4H3. The van der Waals surface area contributed by atoms with E-state index < -0.39 is 0 Å². The molecule has 20 heavy (non-hydrogen) atoms. The van der Waals surface area contributed by atoms with Crippen molar-refractivity contribution in [3.63, 3.8) is 0 Å². The summed E-state index contributed by atoms with van der Waals surface area (Å²) in [5.74, 6) is 1.99. The highest BCUT2D eigenvalue weighted by atomic mass is 15.1. The summed E-state index contributed by atoms with van der Waals surface area (Å²) in [7, 11) is 2.08. The molecule has 1 aliphatic rings. The molecule has 1 aromatic heterocycles. The molecule has 2 aromatic rings. The molecule has 1 aromatic carbocycles. The molecule has 2 unspecified atom stereocenters. The fraction of sp³-hybridized carbons (Fsp3) is 0.588. The van der Waals surface area contributed by atoms with Gasteiger partial charge in [-0.3, -0.25) is 0 Å². The number of benzene rings is 1. The predicted molar refractivity (Wildman–Crippen MR) is 83.8 cm³/mol. The monoisotopic (exact) mass is 271 g/mol. The molecule has 1 aliphatic carbocycles. The van der Waals surface area contributed by atoms with E-state index in [9.17, 15) is 0 Å². The summed E-state index contributed by atoms with van der Waals surface area (Å²) in [6, 6.07) is 8.98. The van der Waals surface area contributed by atoms with E-state index in [0.29, 0.717) is 11.5 Å². The first-order valence-corrected chi connectivity index (χ1v) is 7.68. The molecule has 0 bridgehead atoms. The molecule has 0 aliphatic heterocycles. The minimum atomic E-state index is 0.497. The molecule has 0 amide bonds.